The molecule has 0 saturated heterocycles. The van der Waals surface area contributed by atoms with E-state index in [1.165, 1.54) is 0 Å². The Morgan fingerprint density at radius 2 is 2.05 bits per heavy atom. The number of nitrogens with one attached hydrogen (secondary N) is 1. The molecular weight excluding hydrogens is 266 g/mol. The van der Waals surface area contributed by atoms with Gasteiger partial charge in [0.1, 0.15) is 0 Å². The molecule has 2 N–H and O–H groups in total. The molecule has 1 rings (SSSR count). The third kappa shape index (κ3) is 4.22. The molecular formula is C12H19N3O5. The highest BCUT2D eigenvalue weighted by Gasteiger charge is 2.31. The van der Waals surface area contributed by atoms with E-state index in [0.717, 1.165) is 0 Å². The van der Waals surface area contributed by atoms with Gasteiger partial charge in [-0.1, -0.05) is 5.16 Å². The number of aliphatic carboxylic acids is 1. The fourth-order valence-electron chi connectivity index (χ4n) is 1.79. The maximum absolute atomic E-state index is 11.7. The lowest BCUT2D eigenvalue weighted by Crippen LogP contribution is -2.38. The van der Waals surface area contributed by atoms with Crippen LogP contribution >= 0.6 is 0 Å². The van der Waals surface area contributed by atoms with E-state index in [1.54, 1.807) is 4.90 Å². The molecule has 1 aliphatic heterocycles. The molecule has 8 heteroatoms. The Bertz CT molecular complexity index is 417. The van der Waals surface area contributed by atoms with Crippen LogP contribution < -0.4 is 5.32 Å². The fraction of sp³-hybridized carbons (Fsp3) is 0.667. The SMILES string of the molecule is CCN(CC)C(=O)CCNC(=O)C1CC(C(=O)O)=NO1. The van der Waals surface area contributed by atoms with Crippen LogP contribution in [0.2, 0.25) is 0 Å². The summed E-state index contributed by atoms with van der Waals surface area (Å²) in [5, 5.41) is 14.5. The summed E-state index contributed by atoms with van der Waals surface area (Å²) in [6.45, 7) is 5.22. The van der Waals surface area contributed by atoms with Crippen molar-refractivity contribution >= 4 is 23.5 Å². The number of carboxylic acids is 1. The Kier molecular flexibility index (Phi) is 5.95. The van der Waals surface area contributed by atoms with E-state index in [-0.39, 0.29) is 31.0 Å². The molecule has 2 amide bonds. The lowest BCUT2D eigenvalue weighted by molar-refractivity contribution is -0.132. The largest absolute Gasteiger partial charge is 0.477 e. The van der Waals surface area contributed by atoms with Crippen LogP contribution in [0.3, 0.4) is 0 Å². The maximum atomic E-state index is 11.7. The van der Waals surface area contributed by atoms with Crippen molar-refractivity contribution in [3.8, 4) is 0 Å². The third-order valence-electron chi connectivity index (χ3n) is 2.96. The normalized spacial score (nSPS) is 17.1. The number of hydrogen-bond acceptors (Lipinski definition) is 5. The van der Waals surface area contributed by atoms with Crippen LogP contribution in [0.25, 0.3) is 0 Å². The Balaban J connectivity index is 2.28. The minimum atomic E-state index is -1.20. The fourth-order valence-corrected chi connectivity index (χ4v) is 1.79. The first-order chi connectivity index (χ1) is 9.49. The number of hydrogen-bond donors (Lipinski definition) is 2. The summed E-state index contributed by atoms with van der Waals surface area (Å²) in [4.78, 5) is 40.4. The Morgan fingerprint density at radius 3 is 2.55 bits per heavy atom. The number of amides is 2. The Labute approximate surface area is 116 Å². The second-order valence-electron chi connectivity index (χ2n) is 4.25. The predicted octanol–water partition coefficient (Wildman–Crippen LogP) is -0.409. The molecule has 112 valence electrons. The second kappa shape index (κ2) is 7.46. The zero-order chi connectivity index (χ0) is 15.1. The summed E-state index contributed by atoms with van der Waals surface area (Å²) >= 11 is 0. The molecule has 20 heavy (non-hydrogen) atoms. The van der Waals surface area contributed by atoms with E-state index in [4.69, 9.17) is 9.94 Å². The van der Waals surface area contributed by atoms with Crippen molar-refractivity contribution in [3.63, 3.8) is 0 Å². The number of oxime groups is 1. The molecule has 1 aliphatic rings. The third-order valence-corrected chi connectivity index (χ3v) is 2.96. The number of carbonyl (C=O) groups is 3. The minimum absolute atomic E-state index is 0.0369. The Hall–Kier alpha value is -2.12. The van der Waals surface area contributed by atoms with Gasteiger partial charge in [-0.2, -0.15) is 0 Å². The van der Waals surface area contributed by atoms with Crippen LogP contribution in [-0.4, -0.2) is 59.2 Å². The van der Waals surface area contributed by atoms with Crippen molar-refractivity contribution < 1.29 is 24.3 Å². The van der Waals surface area contributed by atoms with Gasteiger partial charge in [0, 0.05) is 32.5 Å². The highest BCUT2D eigenvalue weighted by Crippen LogP contribution is 2.10. The minimum Gasteiger partial charge on any atom is -0.477 e. The molecule has 8 nitrogen and oxygen atoms in total. The lowest BCUT2D eigenvalue weighted by Gasteiger charge is -2.18. The van der Waals surface area contributed by atoms with Gasteiger partial charge in [-0.3, -0.25) is 9.59 Å². The summed E-state index contributed by atoms with van der Waals surface area (Å²) in [5.74, 6) is -1.69. The molecule has 1 atom stereocenters. The zero-order valence-electron chi connectivity index (χ0n) is 11.6. The molecule has 0 aromatic carbocycles. The van der Waals surface area contributed by atoms with Crippen LogP contribution in [-0.2, 0) is 19.2 Å². The van der Waals surface area contributed by atoms with Crippen LogP contribution in [0.1, 0.15) is 26.7 Å². The molecule has 0 spiro atoms. The van der Waals surface area contributed by atoms with Crippen LogP contribution in [0.5, 0.6) is 0 Å². The topological polar surface area (TPSA) is 108 Å². The van der Waals surface area contributed by atoms with Gasteiger partial charge in [0.15, 0.2) is 5.71 Å². The summed E-state index contributed by atoms with van der Waals surface area (Å²) in [5.41, 5.74) is -0.177. The van der Waals surface area contributed by atoms with Crippen LogP contribution in [0.15, 0.2) is 5.16 Å². The number of rotatable bonds is 7. The van der Waals surface area contributed by atoms with Gasteiger partial charge in [-0.05, 0) is 13.8 Å². The molecule has 0 aliphatic carbocycles. The van der Waals surface area contributed by atoms with E-state index in [1.807, 2.05) is 13.8 Å². The maximum Gasteiger partial charge on any atom is 0.353 e. The average Bonchev–Trinajstić information content (AvgIpc) is 2.89. The monoisotopic (exact) mass is 285 g/mol. The average molecular weight is 285 g/mol. The lowest BCUT2D eigenvalue weighted by atomic mass is 10.1. The van der Waals surface area contributed by atoms with E-state index in [0.29, 0.717) is 13.1 Å². The number of carboxylic acid groups (broad SMARTS) is 1. The van der Waals surface area contributed by atoms with Crippen molar-refractivity contribution in [2.45, 2.75) is 32.8 Å². The van der Waals surface area contributed by atoms with Crippen molar-refractivity contribution in [1.82, 2.24) is 10.2 Å². The smallest absolute Gasteiger partial charge is 0.353 e. The number of nitrogens with zero attached hydrogens (tertiary/aromatic N) is 2. The van der Waals surface area contributed by atoms with Crippen molar-refractivity contribution in [2.24, 2.45) is 5.16 Å². The van der Waals surface area contributed by atoms with Crippen LogP contribution in [0.4, 0.5) is 0 Å². The first-order valence-electron chi connectivity index (χ1n) is 6.51. The van der Waals surface area contributed by atoms with Gasteiger partial charge in [0.05, 0.1) is 0 Å². The van der Waals surface area contributed by atoms with E-state index in [9.17, 15) is 14.4 Å². The first kappa shape index (κ1) is 15.9. The highest BCUT2D eigenvalue weighted by atomic mass is 16.6. The molecule has 0 bridgehead atoms. The van der Waals surface area contributed by atoms with Crippen molar-refractivity contribution in [3.05, 3.63) is 0 Å². The summed E-state index contributed by atoms with van der Waals surface area (Å²) < 4.78 is 0. The van der Waals surface area contributed by atoms with Gasteiger partial charge in [0.25, 0.3) is 5.91 Å². The molecule has 0 saturated carbocycles. The number of carbonyl (C=O) groups excluding carboxylic acids is 2. The van der Waals surface area contributed by atoms with Gasteiger partial charge < -0.3 is 20.2 Å². The first-order valence-corrected chi connectivity index (χ1v) is 6.51. The quantitative estimate of drug-likeness (QED) is 0.661. The molecule has 1 heterocycles. The molecule has 1 unspecified atom stereocenters. The molecule has 0 radical (unpaired) electrons. The summed E-state index contributed by atoms with van der Waals surface area (Å²) in [6, 6.07) is 0. The molecule has 0 fully saturated rings. The van der Waals surface area contributed by atoms with Gasteiger partial charge >= 0.3 is 5.97 Å². The van der Waals surface area contributed by atoms with Crippen molar-refractivity contribution in [1.29, 1.82) is 0 Å². The molecule has 0 aromatic heterocycles. The van der Waals surface area contributed by atoms with E-state index < -0.39 is 18.0 Å². The standard InChI is InChI=1S/C12H19N3O5/c1-3-15(4-2)10(16)5-6-13-11(17)9-7-8(12(18)19)14-20-9/h9H,3-7H2,1-2H3,(H,13,17)(H,18,19). The summed E-state index contributed by atoms with van der Waals surface area (Å²) in [6.07, 6.45) is -0.789. The zero-order valence-corrected chi connectivity index (χ0v) is 11.6. The molecule has 0 aromatic rings. The van der Waals surface area contributed by atoms with Gasteiger partial charge in [-0.25, -0.2) is 4.79 Å². The van der Waals surface area contributed by atoms with Crippen molar-refractivity contribution in [2.75, 3.05) is 19.6 Å². The summed E-state index contributed by atoms with van der Waals surface area (Å²) in [7, 11) is 0. The predicted molar refractivity (Wildman–Crippen MR) is 70.1 cm³/mol. The van der Waals surface area contributed by atoms with Gasteiger partial charge in [0.2, 0.25) is 12.0 Å². The van der Waals surface area contributed by atoms with Gasteiger partial charge in [-0.15, -0.1) is 0 Å². The second-order valence-corrected chi connectivity index (χ2v) is 4.25. The van der Waals surface area contributed by atoms with E-state index in [2.05, 4.69) is 10.5 Å². The Morgan fingerprint density at radius 1 is 1.40 bits per heavy atom. The van der Waals surface area contributed by atoms with E-state index >= 15 is 0 Å². The highest BCUT2D eigenvalue weighted by molar-refractivity contribution is 6.36. The van der Waals surface area contributed by atoms with Crippen LogP contribution in [0, 0.1) is 0 Å².